The van der Waals surface area contributed by atoms with E-state index in [1.54, 1.807) is 6.07 Å². The van der Waals surface area contributed by atoms with E-state index in [9.17, 15) is 9.59 Å². The van der Waals surface area contributed by atoms with Gasteiger partial charge in [-0.2, -0.15) is 0 Å². The molecule has 0 aliphatic rings. The molecule has 0 bridgehead atoms. The Balaban J connectivity index is 0.00000400. The molecule has 0 saturated carbocycles. The van der Waals surface area contributed by atoms with Gasteiger partial charge in [0.25, 0.3) is 0 Å². The number of hydrogen-bond acceptors (Lipinski definition) is 3. The smallest absolute Gasteiger partial charge is 0.420 e. The summed E-state index contributed by atoms with van der Waals surface area (Å²) >= 11 is 0. The molecule has 0 saturated heterocycles. The summed E-state index contributed by atoms with van der Waals surface area (Å²) in [6.45, 7) is 2.72. The van der Waals surface area contributed by atoms with E-state index >= 15 is 0 Å². The highest BCUT2D eigenvalue weighted by atomic mass is 127. The first-order chi connectivity index (χ1) is 9.23. The van der Waals surface area contributed by atoms with Crippen LogP contribution in [-0.2, 0) is 6.54 Å². The van der Waals surface area contributed by atoms with Gasteiger partial charge in [-0.1, -0.05) is 12.1 Å². The van der Waals surface area contributed by atoms with Crippen molar-refractivity contribution in [1.82, 2.24) is 10.6 Å². The Morgan fingerprint density at radius 1 is 1.24 bits per heavy atom. The van der Waals surface area contributed by atoms with E-state index in [0.717, 1.165) is 22.2 Å². The maximum Gasteiger partial charge on any atom is 0.420 e. The number of carbonyl (C=O) groups is 2. The first-order valence-electron chi connectivity index (χ1n) is 6.32. The number of benzene rings is 1. The van der Waals surface area contributed by atoms with Crippen molar-refractivity contribution >= 4 is 12.1 Å². The molecule has 0 aliphatic heterocycles. The molecule has 118 valence electrons. The molecule has 1 aromatic rings. The molecule has 0 unspecified atom stereocenters. The van der Waals surface area contributed by atoms with Gasteiger partial charge in [-0.05, 0) is 13.0 Å². The summed E-state index contributed by atoms with van der Waals surface area (Å²) in [6, 6.07) is 4.94. The topological polar surface area (TPSA) is 67.4 Å². The maximum atomic E-state index is 11.5. The zero-order chi connectivity index (χ0) is 15.3. The van der Waals surface area contributed by atoms with Crippen molar-refractivity contribution in [2.75, 3.05) is 28.2 Å². The number of nitrogens with zero attached hydrogens (tertiary/aromatic N) is 1. The second-order valence-corrected chi connectivity index (χ2v) is 5.58. The van der Waals surface area contributed by atoms with Crippen LogP contribution in [0.15, 0.2) is 18.2 Å². The number of ether oxygens (including phenoxy) is 1. The highest BCUT2D eigenvalue weighted by molar-refractivity contribution is 5.91. The van der Waals surface area contributed by atoms with Crippen LogP contribution >= 0.6 is 0 Å². The van der Waals surface area contributed by atoms with Gasteiger partial charge in [0.05, 0.1) is 21.1 Å². The zero-order valence-electron chi connectivity index (χ0n) is 13.0. The summed E-state index contributed by atoms with van der Waals surface area (Å²) < 4.78 is 5.93. The van der Waals surface area contributed by atoms with E-state index in [0.29, 0.717) is 5.75 Å². The molecule has 0 spiro atoms. The van der Waals surface area contributed by atoms with E-state index < -0.39 is 12.1 Å². The highest BCUT2D eigenvalue weighted by Crippen LogP contribution is 2.23. The Hall–Kier alpha value is -1.35. The van der Waals surface area contributed by atoms with Crippen LogP contribution in [-0.4, -0.2) is 44.8 Å². The molecule has 21 heavy (non-hydrogen) atoms. The van der Waals surface area contributed by atoms with Crippen LogP contribution in [0, 0.1) is 6.92 Å². The number of amides is 3. The minimum absolute atomic E-state index is 0. The molecule has 0 aromatic heterocycles. The SMILES string of the molecule is CNC(=O)NC(=O)Oc1cccc(C[N+](C)(C)C)c1C.[I-]. The van der Waals surface area contributed by atoms with Gasteiger partial charge in [-0.25, -0.2) is 14.9 Å². The van der Waals surface area contributed by atoms with Crippen molar-refractivity contribution in [3.8, 4) is 5.75 Å². The third-order valence-electron chi connectivity index (χ3n) is 2.69. The third-order valence-corrected chi connectivity index (χ3v) is 2.69. The molecule has 1 rings (SSSR count). The normalized spacial score (nSPS) is 10.3. The molecular weight excluding hydrogens is 385 g/mol. The van der Waals surface area contributed by atoms with Crippen LogP contribution in [0.4, 0.5) is 9.59 Å². The monoisotopic (exact) mass is 407 g/mol. The number of carbonyl (C=O) groups excluding carboxylic acids is 2. The molecule has 0 radical (unpaired) electrons. The molecule has 7 heteroatoms. The van der Waals surface area contributed by atoms with Crippen molar-refractivity contribution in [3.05, 3.63) is 29.3 Å². The lowest BCUT2D eigenvalue weighted by Gasteiger charge is -2.25. The standard InChI is InChI=1S/C14H21N3O3.HI/c1-10-11(9-17(3,4)5)7-6-8-12(10)20-14(19)16-13(18)15-2;/h6-8H,9H2,1-5H3,(H-,15,16,18,19);1H. The Bertz CT molecular complexity index is 513. The van der Waals surface area contributed by atoms with E-state index in [-0.39, 0.29) is 24.0 Å². The summed E-state index contributed by atoms with van der Waals surface area (Å²) in [6.07, 6.45) is -0.796. The van der Waals surface area contributed by atoms with Gasteiger partial charge in [-0.3, -0.25) is 0 Å². The van der Waals surface area contributed by atoms with Crippen molar-refractivity contribution in [1.29, 1.82) is 0 Å². The lowest BCUT2D eigenvalue weighted by Crippen LogP contribution is -3.00. The van der Waals surface area contributed by atoms with Crippen molar-refractivity contribution in [3.63, 3.8) is 0 Å². The van der Waals surface area contributed by atoms with Gasteiger partial charge in [0, 0.05) is 18.2 Å². The third kappa shape index (κ3) is 6.76. The number of halogens is 1. The summed E-state index contributed by atoms with van der Waals surface area (Å²) in [5.74, 6) is 0.456. The molecule has 6 nitrogen and oxygen atoms in total. The molecule has 0 aliphatic carbocycles. The van der Waals surface area contributed by atoms with Crippen LogP contribution in [0.2, 0.25) is 0 Å². The van der Waals surface area contributed by atoms with Gasteiger partial charge in [0.2, 0.25) is 0 Å². The number of nitrogens with one attached hydrogen (secondary N) is 2. The predicted octanol–water partition coefficient (Wildman–Crippen LogP) is -1.37. The fraction of sp³-hybridized carbons (Fsp3) is 0.429. The highest BCUT2D eigenvalue weighted by Gasteiger charge is 2.15. The maximum absolute atomic E-state index is 11.5. The van der Waals surface area contributed by atoms with Crippen molar-refractivity contribution in [2.45, 2.75) is 13.5 Å². The Morgan fingerprint density at radius 2 is 1.86 bits per heavy atom. The Labute approximate surface area is 142 Å². The van der Waals surface area contributed by atoms with Gasteiger partial charge < -0.3 is 38.5 Å². The van der Waals surface area contributed by atoms with E-state index in [1.807, 2.05) is 19.1 Å². The lowest BCUT2D eigenvalue weighted by molar-refractivity contribution is -0.884. The Morgan fingerprint density at radius 3 is 2.38 bits per heavy atom. The summed E-state index contributed by atoms with van der Waals surface area (Å²) in [4.78, 5) is 22.6. The molecule has 1 aromatic carbocycles. The average Bonchev–Trinajstić information content (AvgIpc) is 2.32. The fourth-order valence-electron chi connectivity index (χ4n) is 1.73. The van der Waals surface area contributed by atoms with Crippen molar-refractivity contribution in [2.24, 2.45) is 0 Å². The molecule has 0 heterocycles. The fourth-order valence-corrected chi connectivity index (χ4v) is 1.73. The minimum Gasteiger partial charge on any atom is -1.00 e. The van der Waals surface area contributed by atoms with Crippen LogP contribution < -0.4 is 39.3 Å². The second-order valence-electron chi connectivity index (χ2n) is 5.58. The number of urea groups is 1. The van der Waals surface area contributed by atoms with Gasteiger partial charge in [0.1, 0.15) is 12.3 Å². The Kier molecular flexibility index (Phi) is 7.65. The first-order valence-corrected chi connectivity index (χ1v) is 6.32. The largest absolute Gasteiger partial charge is 1.00 e. The van der Waals surface area contributed by atoms with Gasteiger partial charge in [-0.15, -0.1) is 0 Å². The van der Waals surface area contributed by atoms with Crippen LogP contribution in [0.3, 0.4) is 0 Å². The summed E-state index contributed by atoms with van der Waals surface area (Å²) in [5, 5.41) is 4.34. The van der Waals surface area contributed by atoms with E-state index in [4.69, 9.17) is 4.74 Å². The molecule has 0 fully saturated rings. The number of quaternary nitrogens is 1. The second kappa shape index (κ2) is 8.18. The van der Waals surface area contributed by atoms with Crippen LogP contribution in [0.1, 0.15) is 11.1 Å². The van der Waals surface area contributed by atoms with Gasteiger partial charge in [0.15, 0.2) is 0 Å². The first kappa shape index (κ1) is 19.7. The van der Waals surface area contributed by atoms with E-state index in [1.165, 1.54) is 7.05 Å². The number of imide groups is 1. The van der Waals surface area contributed by atoms with Crippen LogP contribution in [0.5, 0.6) is 5.75 Å². The molecular formula is C14H22IN3O3. The lowest BCUT2D eigenvalue weighted by atomic mass is 10.1. The molecule has 0 atom stereocenters. The van der Waals surface area contributed by atoms with Crippen LogP contribution in [0.25, 0.3) is 0 Å². The van der Waals surface area contributed by atoms with Crippen molar-refractivity contribution < 1.29 is 42.8 Å². The zero-order valence-corrected chi connectivity index (χ0v) is 15.1. The van der Waals surface area contributed by atoms with Gasteiger partial charge >= 0.3 is 12.1 Å². The average molecular weight is 407 g/mol. The number of hydrogen-bond donors (Lipinski definition) is 2. The summed E-state index contributed by atoms with van der Waals surface area (Å²) in [7, 11) is 7.69. The molecule has 3 amide bonds. The predicted molar refractivity (Wildman–Crippen MR) is 76.5 cm³/mol. The quantitative estimate of drug-likeness (QED) is 0.480. The minimum atomic E-state index is -0.796. The van der Waals surface area contributed by atoms with E-state index in [2.05, 4.69) is 31.8 Å². The molecule has 2 N–H and O–H groups in total. The number of rotatable bonds is 3. The summed E-state index contributed by atoms with van der Waals surface area (Å²) in [5.41, 5.74) is 2.00.